The van der Waals surface area contributed by atoms with Crippen molar-refractivity contribution in [3.05, 3.63) is 53.6 Å². The maximum atomic E-state index is 11.9. The molecule has 0 atom stereocenters. The first-order chi connectivity index (χ1) is 10.5. The lowest BCUT2D eigenvalue weighted by Crippen LogP contribution is -2.29. The Morgan fingerprint density at radius 2 is 1.50 bits per heavy atom. The number of amides is 2. The predicted octanol–water partition coefficient (Wildman–Crippen LogP) is 2.89. The fourth-order valence-electron chi connectivity index (χ4n) is 1.90. The Kier molecular flexibility index (Phi) is 4.78. The summed E-state index contributed by atoms with van der Waals surface area (Å²) >= 11 is 0. The summed E-state index contributed by atoms with van der Waals surface area (Å²) in [6.45, 7) is 3.93. The molecule has 5 heteroatoms. The van der Waals surface area contributed by atoms with Crippen molar-refractivity contribution < 1.29 is 14.3 Å². The van der Waals surface area contributed by atoms with Gasteiger partial charge in [-0.3, -0.25) is 9.59 Å². The van der Waals surface area contributed by atoms with Crippen LogP contribution in [0.25, 0.3) is 0 Å². The van der Waals surface area contributed by atoms with Crippen LogP contribution in [0.1, 0.15) is 11.1 Å². The molecule has 0 bridgehead atoms. The second kappa shape index (κ2) is 6.76. The molecule has 2 aromatic carbocycles. The van der Waals surface area contributed by atoms with Gasteiger partial charge < -0.3 is 15.4 Å². The van der Waals surface area contributed by atoms with Crippen molar-refractivity contribution in [2.75, 3.05) is 17.7 Å². The number of hydrogen-bond acceptors (Lipinski definition) is 3. The van der Waals surface area contributed by atoms with Gasteiger partial charge in [0.2, 0.25) is 0 Å². The van der Waals surface area contributed by atoms with Gasteiger partial charge in [0, 0.05) is 17.4 Å². The van der Waals surface area contributed by atoms with Crippen LogP contribution in [0.5, 0.6) is 5.75 Å². The van der Waals surface area contributed by atoms with Crippen molar-refractivity contribution in [2.45, 2.75) is 13.8 Å². The fourth-order valence-corrected chi connectivity index (χ4v) is 1.90. The first-order valence-corrected chi connectivity index (χ1v) is 6.83. The highest BCUT2D eigenvalue weighted by atomic mass is 16.5. The molecule has 0 radical (unpaired) electrons. The number of carbonyl (C=O) groups is 2. The van der Waals surface area contributed by atoms with Crippen molar-refractivity contribution in [3.8, 4) is 5.75 Å². The van der Waals surface area contributed by atoms with E-state index in [4.69, 9.17) is 4.74 Å². The number of carbonyl (C=O) groups excluding carboxylic acids is 2. The first-order valence-electron chi connectivity index (χ1n) is 6.83. The molecule has 0 saturated carbocycles. The third kappa shape index (κ3) is 3.85. The van der Waals surface area contributed by atoms with E-state index in [0.29, 0.717) is 17.1 Å². The standard InChI is InChI=1S/C17H18N2O3/c1-11-7-8-14(9-12(11)2)19-17(21)16(20)18-13-5-4-6-15(10-13)22-3/h4-10H,1-3H3,(H,18,20)(H,19,21). The second-order valence-electron chi connectivity index (χ2n) is 4.94. The Morgan fingerprint density at radius 3 is 2.09 bits per heavy atom. The molecule has 0 spiro atoms. The Bertz CT molecular complexity index is 711. The number of methoxy groups -OCH3 is 1. The molecule has 2 aromatic rings. The van der Waals surface area contributed by atoms with Crippen molar-refractivity contribution in [1.82, 2.24) is 0 Å². The monoisotopic (exact) mass is 298 g/mol. The van der Waals surface area contributed by atoms with Crippen molar-refractivity contribution >= 4 is 23.2 Å². The summed E-state index contributed by atoms with van der Waals surface area (Å²) in [4.78, 5) is 23.8. The summed E-state index contributed by atoms with van der Waals surface area (Å²) in [5, 5.41) is 5.11. The van der Waals surface area contributed by atoms with E-state index in [1.807, 2.05) is 26.0 Å². The first kappa shape index (κ1) is 15.6. The van der Waals surface area contributed by atoms with Crippen LogP contribution in [0, 0.1) is 13.8 Å². The Morgan fingerprint density at radius 1 is 0.864 bits per heavy atom. The van der Waals surface area contributed by atoms with Crippen LogP contribution in [0.3, 0.4) is 0 Å². The fraction of sp³-hybridized carbons (Fsp3) is 0.176. The molecule has 0 aliphatic heterocycles. The molecule has 2 amide bonds. The van der Waals surface area contributed by atoms with Crippen LogP contribution in [0.4, 0.5) is 11.4 Å². The minimum atomic E-state index is -0.730. The molecule has 0 unspecified atom stereocenters. The normalized spacial score (nSPS) is 9.95. The van der Waals surface area contributed by atoms with Gasteiger partial charge >= 0.3 is 11.8 Å². The number of anilines is 2. The zero-order valence-electron chi connectivity index (χ0n) is 12.8. The van der Waals surface area contributed by atoms with Crippen LogP contribution in [-0.4, -0.2) is 18.9 Å². The number of aryl methyl sites for hydroxylation is 2. The number of nitrogens with one attached hydrogen (secondary N) is 2. The lowest BCUT2D eigenvalue weighted by Gasteiger charge is -2.09. The zero-order chi connectivity index (χ0) is 16.1. The number of hydrogen-bond donors (Lipinski definition) is 2. The zero-order valence-corrected chi connectivity index (χ0v) is 12.8. The SMILES string of the molecule is COc1cccc(NC(=O)C(=O)Nc2ccc(C)c(C)c2)c1. The highest BCUT2D eigenvalue weighted by Gasteiger charge is 2.14. The highest BCUT2D eigenvalue weighted by Crippen LogP contribution is 2.17. The van der Waals surface area contributed by atoms with Crippen LogP contribution < -0.4 is 15.4 Å². The molecule has 114 valence electrons. The molecule has 0 saturated heterocycles. The lowest BCUT2D eigenvalue weighted by molar-refractivity contribution is -0.132. The summed E-state index contributed by atoms with van der Waals surface area (Å²) in [7, 11) is 1.54. The van der Waals surface area contributed by atoms with Crippen LogP contribution >= 0.6 is 0 Å². The molecule has 0 aliphatic rings. The molecule has 0 heterocycles. The Balaban J connectivity index is 2.02. The predicted molar refractivity (Wildman–Crippen MR) is 86.2 cm³/mol. The molecule has 0 fully saturated rings. The van der Waals surface area contributed by atoms with E-state index in [-0.39, 0.29) is 0 Å². The summed E-state index contributed by atoms with van der Waals surface area (Å²) < 4.78 is 5.07. The second-order valence-corrected chi connectivity index (χ2v) is 4.94. The molecule has 2 rings (SSSR count). The van der Waals surface area contributed by atoms with Gasteiger partial charge in [-0.05, 0) is 49.2 Å². The topological polar surface area (TPSA) is 67.4 Å². The van der Waals surface area contributed by atoms with Gasteiger partial charge in [0.25, 0.3) is 0 Å². The van der Waals surface area contributed by atoms with Crippen molar-refractivity contribution in [2.24, 2.45) is 0 Å². The van der Waals surface area contributed by atoms with Gasteiger partial charge in [-0.25, -0.2) is 0 Å². The van der Waals surface area contributed by atoms with Gasteiger partial charge in [0.05, 0.1) is 7.11 Å². The third-order valence-corrected chi connectivity index (χ3v) is 3.30. The van der Waals surface area contributed by atoms with Crippen LogP contribution in [0.15, 0.2) is 42.5 Å². The van der Waals surface area contributed by atoms with E-state index in [1.165, 1.54) is 7.11 Å². The van der Waals surface area contributed by atoms with Crippen LogP contribution in [0.2, 0.25) is 0 Å². The van der Waals surface area contributed by atoms with Gasteiger partial charge in [0.1, 0.15) is 5.75 Å². The van der Waals surface area contributed by atoms with Gasteiger partial charge in [-0.15, -0.1) is 0 Å². The van der Waals surface area contributed by atoms with Crippen molar-refractivity contribution in [3.63, 3.8) is 0 Å². The molecule has 2 N–H and O–H groups in total. The van der Waals surface area contributed by atoms with Crippen LogP contribution in [-0.2, 0) is 9.59 Å². The van der Waals surface area contributed by atoms with E-state index >= 15 is 0 Å². The lowest BCUT2D eigenvalue weighted by atomic mass is 10.1. The molecule has 5 nitrogen and oxygen atoms in total. The molecule has 0 aromatic heterocycles. The largest absolute Gasteiger partial charge is 0.497 e. The van der Waals surface area contributed by atoms with Gasteiger partial charge in [-0.1, -0.05) is 12.1 Å². The molecule has 22 heavy (non-hydrogen) atoms. The van der Waals surface area contributed by atoms with Gasteiger partial charge in [0.15, 0.2) is 0 Å². The van der Waals surface area contributed by atoms with E-state index in [2.05, 4.69) is 10.6 Å². The van der Waals surface area contributed by atoms with E-state index in [9.17, 15) is 9.59 Å². The van der Waals surface area contributed by atoms with Gasteiger partial charge in [-0.2, -0.15) is 0 Å². The minimum Gasteiger partial charge on any atom is -0.497 e. The number of rotatable bonds is 3. The maximum absolute atomic E-state index is 11.9. The Hall–Kier alpha value is -2.82. The van der Waals surface area contributed by atoms with Crippen molar-refractivity contribution in [1.29, 1.82) is 0 Å². The number of ether oxygens (including phenoxy) is 1. The Labute approximate surface area is 129 Å². The van der Waals surface area contributed by atoms with E-state index in [1.54, 1.807) is 30.3 Å². The quantitative estimate of drug-likeness (QED) is 0.856. The maximum Gasteiger partial charge on any atom is 0.314 e. The highest BCUT2D eigenvalue weighted by molar-refractivity contribution is 6.43. The average molecular weight is 298 g/mol. The summed E-state index contributed by atoms with van der Waals surface area (Å²) in [5.41, 5.74) is 3.26. The minimum absolute atomic E-state index is 0.500. The summed E-state index contributed by atoms with van der Waals surface area (Å²) in [6.07, 6.45) is 0. The molecular formula is C17H18N2O3. The third-order valence-electron chi connectivity index (χ3n) is 3.30. The summed E-state index contributed by atoms with van der Waals surface area (Å²) in [5.74, 6) is -0.843. The van der Waals surface area contributed by atoms with E-state index < -0.39 is 11.8 Å². The summed E-state index contributed by atoms with van der Waals surface area (Å²) in [6, 6.07) is 12.3. The average Bonchev–Trinajstić information content (AvgIpc) is 2.51. The molecular weight excluding hydrogens is 280 g/mol. The smallest absolute Gasteiger partial charge is 0.314 e. The number of benzene rings is 2. The van der Waals surface area contributed by atoms with E-state index in [0.717, 1.165) is 11.1 Å². The molecule has 0 aliphatic carbocycles.